The quantitative estimate of drug-likeness (QED) is 0.602. The van der Waals surface area contributed by atoms with Gasteiger partial charge in [0.15, 0.2) is 0 Å². The van der Waals surface area contributed by atoms with Crippen molar-refractivity contribution in [3.8, 4) is 6.07 Å². The van der Waals surface area contributed by atoms with Gasteiger partial charge >= 0.3 is 5.69 Å². The van der Waals surface area contributed by atoms with Gasteiger partial charge in [-0.05, 0) is 19.9 Å². The third-order valence-electron chi connectivity index (χ3n) is 2.94. The van der Waals surface area contributed by atoms with E-state index >= 15 is 0 Å². The predicted molar refractivity (Wildman–Crippen MR) is 76.6 cm³/mol. The van der Waals surface area contributed by atoms with Crippen LogP contribution in [0.15, 0.2) is 12.1 Å². The normalized spacial score (nSPS) is 9.76. The highest BCUT2D eigenvalue weighted by atomic mass is 16.6. The molecule has 1 amide bonds. The number of anilines is 1. The molecule has 8 heteroatoms. The first-order valence-electron chi connectivity index (χ1n) is 6.60. The molecule has 0 radical (unpaired) electrons. The van der Waals surface area contributed by atoms with Crippen LogP contribution in [0.5, 0.6) is 0 Å². The highest BCUT2D eigenvalue weighted by Crippen LogP contribution is 2.17. The fourth-order valence-electron chi connectivity index (χ4n) is 1.81. The summed E-state index contributed by atoms with van der Waals surface area (Å²) >= 11 is 0. The monoisotopic (exact) mass is 291 g/mol. The van der Waals surface area contributed by atoms with Crippen LogP contribution >= 0.6 is 0 Å². The first-order chi connectivity index (χ1) is 10.0. The van der Waals surface area contributed by atoms with Gasteiger partial charge in [-0.25, -0.2) is 4.98 Å². The lowest BCUT2D eigenvalue weighted by atomic mass is 10.3. The zero-order valence-corrected chi connectivity index (χ0v) is 12.0. The Kier molecular flexibility index (Phi) is 6.07. The second kappa shape index (κ2) is 7.79. The molecule has 21 heavy (non-hydrogen) atoms. The van der Waals surface area contributed by atoms with E-state index in [9.17, 15) is 14.9 Å². The Morgan fingerprint density at radius 3 is 2.67 bits per heavy atom. The highest BCUT2D eigenvalue weighted by Gasteiger charge is 2.15. The molecule has 0 aliphatic heterocycles. The summed E-state index contributed by atoms with van der Waals surface area (Å²) < 4.78 is 0. The van der Waals surface area contributed by atoms with E-state index in [2.05, 4.69) is 10.3 Å². The van der Waals surface area contributed by atoms with Crippen LogP contribution in [-0.4, -0.2) is 40.3 Å². The molecule has 1 N–H and O–H groups in total. The van der Waals surface area contributed by atoms with Gasteiger partial charge in [-0.2, -0.15) is 5.26 Å². The number of pyridine rings is 1. The number of carbonyl (C=O) groups is 1. The number of amides is 1. The topological polar surface area (TPSA) is 112 Å². The van der Waals surface area contributed by atoms with Crippen molar-refractivity contribution >= 4 is 17.4 Å². The molecular weight excluding hydrogens is 274 g/mol. The number of nitro groups is 1. The Labute approximate surface area is 122 Å². The summed E-state index contributed by atoms with van der Waals surface area (Å²) in [5.41, 5.74) is -0.581. The van der Waals surface area contributed by atoms with Gasteiger partial charge in [0.1, 0.15) is 11.9 Å². The van der Waals surface area contributed by atoms with Crippen LogP contribution in [0.3, 0.4) is 0 Å². The number of rotatable bonds is 7. The minimum Gasteiger partial charge on any atom is -0.370 e. The van der Waals surface area contributed by atoms with Crippen molar-refractivity contribution < 1.29 is 9.72 Å². The van der Waals surface area contributed by atoms with Crippen molar-refractivity contribution in [2.75, 3.05) is 25.0 Å². The van der Waals surface area contributed by atoms with E-state index in [1.54, 1.807) is 11.0 Å². The second-order valence-electron chi connectivity index (χ2n) is 4.18. The molecular formula is C13H17N5O3. The number of carbonyl (C=O) groups excluding carboxylic acids is 1. The number of nitriles is 1. The zero-order chi connectivity index (χ0) is 15.8. The molecule has 1 rings (SSSR count). The van der Waals surface area contributed by atoms with Gasteiger partial charge in [0.25, 0.3) is 0 Å². The Morgan fingerprint density at radius 2 is 2.14 bits per heavy atom. The van der Waals surface area contributed by atoms with Crippen LogP contribution in [0.1, 0.15) is 26.0 Å². The summed E-state index contributed by atoms with van der Waals surface area (Å²) in [6.45, 7) is 5.48. The lowest BCUT2D eigenvalue weighted by Gasteiger charge is -2.18. The Balaban J connectivity index is 2.63. The van der Waals surface area contributed by atoms with E-state index < -0.39 is 4.92 Å². The van der Waals surface area contributed by atoms with E-state index in [0.717, 1.165) is 0 Å². The van der Waals surface area contributed by atoms with Gasteiger partial charge in [-0.3, -0.25) is 14.9 Å². The van der Waals surface area contributed by atoms with E-state index in [0.29, 0.717) is 31.9 Å². The Hall–Kier alpha value is -2.69. The maximum Gasteiger partial charge on any atom is 0.305 e. The van der Waals surface area contributed by atoms with Crippen LogP contribution in [0.4, 0.5) is 11.5 Å². The summed E-state index contributed by atoms with van der Waals surface area (Å²) in [6, 6.07) is 4.32. The maximum atomic E-state index is 11.8. The zero-order valence-electron chi connectivity index (χ0n) is 12.0. The van der Waals surface area contributed by atoms with E-state index in [1.165, 1.54) is 12.1 Å². The Morgan fingerprint density at radius 1 is 1.48 bits per heavy atom. The minimum absolute atomic E-state index is 0.0231. The molecule has 112 valence electrons. The average Bonchev–Trinajstić information content (AvgIpc) is 2.48. The second-order valence-corrected chi connectivity index (χ2v) is 4.18. The third kappa shape index (κ3) is 4.42. The fourth-order valence-corrected chi connectivity index (χ4v) is 1.81. The number of nitrogens with zero attached hydrogens (tertiary/aromatic N) is 4. The fraction of sp³-hybridized carbons (Fsp3) is 0.462. The van der Waals surface area contributed by atoms with Crippen LogP contribution in [0, 0.1) is 21.4 Å². The third-order valence-corrected chi connectivity index (χ3v) is 2.94. The van der Waals surface area contributed by atoms with Crippen molar-refractivity contribution in [2.24, 2.45) is 0 Å². The lowest BCUT2D eigenvalue weighted by molar-refractivity contribution is -0.385. The first-order valence-corrected chi connectivity index (χ1v) is 6.60. The average molecular weight is 291 g/mol. The van der Waals surface area contributed by atoms with Gasteiger partial charge in [0.05, 0.1) is 4.92 Å². The van der Waals surface area contributed by atoms with Crippen LogP contribution in [-0.2, 0) is 4.79 Å². The number of aromatic nitrogens is 1. The minimum atomic E-state index is -0.654. The standard InChI is InChI=1S/C13H17N5O3/c1-3-17(4-2)13(19)7-8-15-12-6-5-11(18(20)21)10(9-14)16-12/h5-6H,3-4,7-8H2,1-2H3,(H,15,16). The van der Waals surface area contributed by atoms with E-state index in [-0.39, 0.29) is 17.3 Å². The summed E-state index contributed by atoms with van der Waals surface area (Å²) in [6.07, 6.45) is 0.294. The maximum absolute atomic E-state index is 11.8. The molecule has 0 aromatic carbocycles. The van der Waals surface area contributed by atoms with E-state index in [4.69, 9.17) is 5.26 Å². The molecule has 0 aliphatic rings. The summed E-state index contributed by atoms with van der Waals surface area (Å²) in [5, 5.41) is 22.4. The molecule has 0 atom stereocenters. The molecule has 8 nitrogen and oxygen atoms in total. The predicted octanol–water partition coefficient (Wildman–Crippen LogP) is 1.53. The molecule has 1 heterocycles. The Bertz CT molecular complexity index is 563. The largest absolute Gasteiger partial charge is 0.370 e. The van der Waals surface area contributed by atoms with Crippen molar-refractivity contribution in [1.82, 2.24) is 9.88 Å². The summed E-state index contributed by atoms with van der Waals surface area (Å²) in [4.78, 5) is 27.4. The van der Waals surface area contributed by atoms with Crippen molar-refractivity contribution in [3.63, 3.8) is 0 Å². The molecule has 0 unspecified atom stereocenters. The van der Waals surface area contributed by atoms with Gasteiger partial charge in [0.2, 0.25) is 11.6 Å². The SMILES string of the molecule is CCN(CC)C(=O)CCNc1ccc([N+](=O)[O-])c(C#N)n1. The van der Waals surface area contributed by atoms with Crippen LogP contribution < -0.4 is 5.32 Å². The lowest BCUT2D eigenvalue weighted by Crippen LogP contribution is -2.31. The van der Waals surface area contributed by atoms with Crippen molar-refractivity contribution in [1.29, 1.82) is 5.26 Å². The molecule has 0 bridgehead atoms. The van der Waals surface area contributed by atoms with Gasteiger partial charge in [-0.1, -0.05) is 0 Å². The number of nitrogens with one attached hydrogen (secondary N) is 1. The molecule has 0 spiro atoms. The molecule has 0 saturated heterocycles. The summed E-state index contributed by atoms with van der Waals surface area (Å²) in [5.74, 6) is 0.361. The van der Waals surface area contributed by atoms with Gasteiger partial charge in [-0.15, -0.1) is 0 Å². The number of hydrogen-bond acceptors (Lipinski definition) is 6. The molecule has 1 aromatic heterocycles. The first kappa shape index (κ1) is 16.4. The smallest absolute Gasteiger partial charge is 0.305 e. The van der Waals surface area contributed by atoms with Crippen LogP contribution in [0.2, 0.25) is 0 Å². The molecule has 0 fully saturated rings. The molecule has 0 saturated carbocycles. The van der Waals surface area contributed by atoms with Gasteiger partial charge in [0, 0.05) is 32.1 Å². The number of hydrogen-bond donors (Lipinski definition) is 1. The van der Waals surface area contributed by atoms with E-state index in [1.807, 2.05) is 13.8 Å². The summed E-state index contributed by atoms with van der Waals surface area (Å²) in [7, 11) is 0. The van der Waals surface area contributed by atoms with Gasteiger partial charge < -0.3 is 10.2 Å². The highest BCUT2D eigenvalue weighted by molar-refractivity contribution is 5.76. The molecule has 0 aliphatic carbocycles. The van der Waals surface area contributed by atoms with Crippen molar-refractivity contribution in [3.05, 3.63) is 27.9 Å². The van der Waals surface area contributed by atoms with Crippen LogP contribution in [0.25, 0.3) is 0 Å². The molecule has 1 aromatic rings. The van der Waals surface area contributed by atoms with Crippen molar-refractivity contribution in [2.45, 2.75) is 20.3 Å².